The van der Waals surface area contributed by atoms with Crippen LogP contribution in [0.5, 0.6) is 5.88 Å². The maximum absolute atomic E-state index is 14.0. The van der Waals surface area contributed by atoms with Crippen LogP contribution in [0.15, 0.2) is 78.2 Å². The number of hydrogen-bond donors (Lipinski definition) is 7. The fourth-order valence-corrected chi connectivity index (χ4v) is 13.9. The molecule has 0 spiro atoms. The number of hydrogen-bond acceptors (Lipinski definition) is 27. The molecule has 5 heterocycles. The molecule has 0 radical (unpaired) electrons. The summed E-state index contributed by atoms with van der Waals surface area (Å²) >= 11 is 9.63. The molecule has 3 aliphatic rings. The number of thiol groups is 1. The van der Waals surface area contributed by atoms with E-state index in [1.165, 1.54) is 35.1 Å². The summed E-state index contributed by atoms with van der Waals surface area (Å²) in [7, 11) is 1.48. The quantitative estimate of drug-likeness (QED) is 0.0140. The summed E-state index contributed by atoms with van der Waals surface area (Å²) in [6.45, 7) is 4.79. The van der Waals surface area contributed by atoms with Crippen molar-refractivity contribution >= 4 is 90.3 Å². The second kappa shape index (κ2) is 38.8. The Morgan fingerprint density at radius 3 is 2.19 bits per heavy atom. The average Bonchev–Trinajstić information content (AvgIpc) is 1.60. The van der Waals surface area contributed by atoms with Crippen LogP contribution in [-0.2, 0) is 106 Å². The van der Waals surface area contributed by atoms with Gasteiger partial charge in [0.05, 0.1) is 97.8 Å². The normalized spacial score (nSPS) is 22.8. The van der Waals surface area contributed by atoms with Gasteiger partial charge in [0.1, 0.15) is 48.7 Å². The van der Waals surface area contributed by atoms with Crippen molar-refractivity contribution in [2.24, 2.45) is 17.8 Å². The van der Waals surface area contributed by atoms with Crippen LogP contribution in [0.1, 0.15) is 101 Å². The van der Waals surface area contributed by atoms with E-state index in [0.717, 1.165) is 6.33 Å². The number of rotatable bonds is 35. The van der Waals surface area contributed by atoms with Crippen molar-refractivity contribution in [1.29, 1.82) is 0 Å². The first-order valence-corrected chi connectivity index (χ1v) is 38.5. The van der Waals surface area contributed by atoms with Crippen LogP contribution in [0.25, 0.3) is 11.2 Å². The van der Waals surface area contributed by atoms with Crippen molar-refractivity contribution in [1.82, 2.24) is 45.0 Å². The van der Waals surface area contributed by atoms with Gasteiger partial charge >= 0.3 is 25.7 Å². The van der Waals surface area contributed by atoms with Gasteiger partial charge in [-0.15, -0.1) is 0 Å². The summed E-state index contributed by atoms with van der Waals surface area (Å²) in [5.41, 5.74) is 0.00454. The van der Waals surface area contributed by atoms with Crippen LogP contribution in [0.3, 0.4) is 0 Å². The number of carbonyl (C=O) groups excluding carboxylic acids is 6. The number of aliphatic hydroxyl groups excluding tert-OH is 1. The maximum Gasteiger partial charge on any atom is 0.410 e. The summed E-state index contributed by atoms with van der Waals surface area (Å²) in [5.74, 6) is -2.99. The third kappa shape index (κ3) is 25.5. The molecule has 2 unspecified atom stereocenters. The molecule has 33 nitrogen and oxygen atoms in total. The summed E-state index contributed by atoms with van der Waals surface area (Å²) < 4.78 is 89.0. The highest BCUT2D eigenvalue weighted by atomic mass is 32.7. The Morgan fingerprint density at radius 2 is 1.52 bits per heavy atom. The van der Waals surface area contributed by atoms with Gasteiger partial charge in [-0.2, -0.15) is 4.98 Å². The molecule has 6 N–H and O–H groups in total. The second-order valence-electron chi connectivity index (χ2n) is 25.6. The molecule has 1 saturated carbocycles. The molecule has 5 aromatic rings. The van der Waals surface area contributed by atoms with Gasteiger partial charge in [0.2, 0.25) is 17.7 Å². The van der Waals surface area contributed by atoms with Gasteiger partial charge in [-0.25, -0.2) is 29.1 Å². The lowest BCUT2D eigenvalue weighted by Crippen LogP contribution is -2.44. The zero-order valence-corrected chi connectivity index (χ0v) is 61.2. The van der Waals surface area contributed by atoms with Gasteiger partial charge in [0, 0.05) is 75.5 Å². The first-order valence-electron chi connectivity index (χ1n) is 33.2. The minimum Gasteiger partial charge on any atom is -0.474 e. The van der Waals surface area contributed by atoms with E-state index >= 15 is 0 Å². The number of nitrogens with one attached hydrogen (secondary N) is 4. The Morgan fingerprint density at radius 1 is 0.853 bits per heavy atom. The van der Waals surface area contributed by atoms with E-state index in [1.807, 2.05) is 13.8 Å². The van der Waals surface area contributed by atoms with E-state index in [4.69, 9.17) is 72.5 Å². The number of aromatic nitrogens is 6. The Balaban J connectivity index is 0.736. The third-order valence-electron chi connectivity index (χ3n) is 16.2. The second-order valence-corrected chi connectivity index (χ2v) is 31.3. The molecule has 2 bridgehead atoms. The standard InChI is InChI=1S/C65H90N10O23P2S2/c1-40(2)49(32-46(76)17-20-86-22-24-88-26-28-90-29-27-89-25-23-87-21-19-67-63(82)96-65(4,5)6)59(80)70-41(3)50(77)30-42-12-14-43(15-13-42)35-91-64(83)74(7)34-44-10-8-9-11-48(44)58(79)72-62-71-57-54(60(81)73-62)69-39-75(57)61-56-55(78)52(95-61)37-93-99(84,101)97-51-33-47(94-53-16-18-66-38-68-53)31-45(51)36-92-100(85,102)98-56/h8-16,18,38-41,45,47,49,51-52,55-56,61,78H,17,19-37H2,1-7H3,(H,67,82)(H,70,80)(H,84,101)(H,85,102)(H2,71,72,73,79,81)/t41-,45+,47+,49-,51-,52+,55+,56+,61+,99?,100?/m0/s1. The Kier molecular flexibility index (Phi) is 30.8. The molecular formula is C65H90N10O23P2S2. The van der Waals surface area contributed by atoms with Crippen molar-refractivity contribution in [3.05, 3.63) is 106 Å². The Labute approximate surface area is 599 Å². The summed E-state index contributed by atoms with van der Waals surface area (Å²) in [6.07, 6.45) is -3.83. The fraction of sp³-hybridized carbons (Fsp3) is 0.585. The minimum absolute atomic E-state index is 0.00630. The number of anilines is 1. The molecule has 2 saturated heterocycles. The van der Waals surface area contributed by atoms with Crippen LogP contribution in [0.2, 0.25) is 0 Å². The predicted octanol–water partition coefficient (Wildman–Crippen LogP) is 5.96. The third-order valence-corrected chi connectivity index (χ3v) is 19.4. The highest BCUT2D eigenvalue weighted by molar-refractivity contribution is 8.44. The topological polar surface area (TPSA) is 409 Å². The lowest BCUT2D eigenvalue weighted by atomic mass is 9.88. The number of carbonyl (C=O) groups is 6. The predicted molar refractivity (Wildman–Crippen MR) is 372 cm³/mol. The number of alkyl carbamates (subject to hydrolysis) is 1. The molecule has 3 fully saturated rings. The minimum atomic E-state index is -4.37. The number of benzene rings is 2. The van der Waals surface area contributed by atoms with Crippen LogP contribution < -0.4 is 26.2 Å². The smallest absolute Gasteiger partial charge is 0.410 e. The van der Waals surface area contributed by atoms with Crippen molar-refractivity contribution in [3.63, 3.8) is 0 Å². The van der Waals surface area contributed by atoms with Gasteiger partial charge < -0.3 is 81.7 Å². The number of fused-ring (bicyclic) bond motifs is 4. The summed E-state index contributed by atoms with van der Waals surface area (Å²) in [6, 6.07) is 13.9. The number of aromatic amines is 1. The van der Waals surface area contributed by atoms with E-state index < -0.39 is 110 Å². The number of ether oxygens (including phenoxy) is 9. The number of amides is 4. The molecule has 560 valence electrons. The molecule has 3 aromatic heterocycles. The van der Waals surface area contributed by atoms with E-state index in [9.17, 15) is 48.1 Å². The lowest BCUT2D eigenvalue weighted by molar-refractivity contribution is -0.133. The monoisotopic (exact) mass is 1500 g/mol. The van der Waals surface area contributed by atoms with Gasteiger partial charge in [-0.3, -0.25) is 43.4 Å². The van der Waals surface area contributed by atoms with Crippen LogP contribution in [0.4, 0.5) is 15.5 Å². The molecule has 1 aliphatic carbocycles. The van der Waals surface area contributed by atoms with Gasteiger partial charge in [0.15, 0.2) is 23.2 Å². The number of nitrogens with zero attached hydrogens (tertiary/aromatic N) is 6. The van der Waals surface area contributed by atoms with Gasteiger partial charge in [-0.05, 0) is 74.6 Å². The molecule has 2 aromatic carbocycles. The van der Waals surface area contributed by atoms with E-state index in [1.54, 1.807) is 76.2 Å². The average molecular weight is 1510 g/mol. The summed E-state index contributed by atoms with van der Waals surface area (Å²) in [5, 5.41) is 19.6. The number of Topliss-reactive ketones (excluding diaryl/α,β-unsaturated/α-hetero) is 2. The van der Waals surface area contributed by atoms with Crippen molar-refractivity contribution < 1.29 is 104 Å². The largest absolute Gasteiger partial charge is 0.474 e. The molecular weight excluding hydrogens is 1410 g/mol. The first kappa shape index (κ1) is 80.9. The van der Waals surface area contributed by atoms with E-state index in [2.05, 4.69) is 53.1 Å². The molecule has 102 heavy (non-hydrogen) atoms. The van der Waals surface area contributed by atoms with Crippen molar-refractivity contribution in [2.75, 3.05) is 98.2 Å². The Bertz CT molecular complexity index is 3760. The van der Waals surface area contributed by atoms with Gasteiger partial charge in [0.25, 0.3) is 11.5 Å². The number of ketones is 2. The number of imidazole rings is 1. The lowest BCUT2D eigenvalue weighted by Gasteiger charge is -2.27. The van der Waals surface area contributed by atoms with E-state index in [0.29, 0.717) is 88.4 Å². The molecule has 11 atom stereocenters. The maximum atomic E-state index is 14.0. The number of H-pyrrole nitrogens is 1. The fourth-order valence-electron chi connectivity index (χ4n) is 10.9. The van der Waals surface area contributed by atoms with Crippen molar-refractivity contribution in [2.45, 2.75) is 135 Å². The SMILES string of the molecule is CC(C)[C@H](CC(=O)CCOCCOCCOCCOCCOCCNC(=O)OC(C)(C)C)C(=O)N[C@@H](C)C(=O)Cc1ccc(COC(=O)N(C)Cc2ccccc2C(=O)Nc2nc3c(ncn3[C@@H]3O[C@@H]4COP(O)(=S)O[C@H]5C[C@H](Oc6ccncn6)C[C@@H]5COP(=O)(S)O[C@@H]3[C@@H]4O)c(=O)[nH]2)cc1. The molecule has 2 aliphatic heterocycles. The molecule has 4 amide bonds. The molecule has 37 heteroatoms. The summed E-state index contributed by atoms with van der Waals surface area (Å²) in [4.78, 5) is 124. The van der Waals surface area contributed by atoms with Crippen LogP contribution in [-0.4, -0.2) is 215 Å². The van der Waals surface area contributed by atoms with Crippen molar-refractivity contribution in [3.8, 4) is 5.88 Å². The van der Waals surface area contributed by atoms with Gasteiger partial charge in [-0.1, -0.05) is 68.6 Å². The highest BCUT2D eigenvalue weighted by Gasteiger charge is 2.51. The van der Waals surface area contributed by atoms with Crippen LogP contribution in [0, 0.1) is 17.8 Å². The Hall–Kier alpha value is -6.76. The zero-order valence-electron chi connectivity index (χ0n) is 57.7. The zero-order chi connectivity index (χ0) is 73.6. The molecule has 8 rings (SSSR count). The van der Waals surface area contributed by atoms with E-state index in [-0.39, 0.29) is 98.8 Å². The van der Waals surface area contributed by atoms with Crippen LogP contribution >= 0.6 is 25.8 Å². The highest BCUT2D eigenvalue weighted by Crippen LogP contribution is 2.59. The first-order chi connectivity index (χ1) is 48.6. The number of aliphatic hydroxyl groups is 1.